The molecule has 0 heterocycles. The average Bonchev–Trinajstić information content (AvgIpc) is 2.39. The topological polar surface area (TPSA) is 79.8 Å². The van der Waals surface area contributed by atoms with Gasteiger partial charge in [-0.15, -0.1) is 0 Å². The molecule has 0 aliphatic rings. The van der Waals surface area contributed by atoms with Crippen LogP contribution in [-0.4, -0.2) is 31.2 Å². The minimum absolute atomic E-state index is 0.0185. The molecule has 1 aromatic carbocycles. The van der Waals surface area contributed by atoms with Crippen molar-refractivity contribution in [2.75, 3.05) is 19.0 Å². The second-order valence-electron chi connectivity index (χ2n) is 4.05. The Balaban J connectivity index is 2.43. The van der Waals surface area contributed by atoms with Crippen molar-refractivity contribution in [2.24, 2.45) is 5.10 Å². The molecule has 0 unspecified atom stereocenters. The molecule has 0 aromatic heterocycles. The fraction of sp³-hybridized carbons (Fsp3) is 0.308. The average molecular weight is 281 g/mol. The summed E-state index contributed by atoms with van der Waals surface area (Å²) in [7, 11) is 1.40. The molecule has 0 saturated heterocycles. The molecule has 0 fully saturated rings. The van der Waals surface area contributed by atoms with Gasteiger partial charge in [0, 0.05) is 18.5 Å². The van der Waals surface area contributed by atoms with Crippen LogP contribution in [0.1, 0.15) is 13.3 Å². The van der Waals surface area contributed by atoms with E-state index in [9.17, 15) is 14.0 Å². The van der Waals surface area contributed by atoms with Crippen LogP contribution in [-0.2, 0) is 14.3 Å². The largest absolute Gasteiger partial charge is 0.375 e. The molecule has 0 aliphatic carbocycles. The van der Waals surface area contributed by atoms with E-state index in [1.54, 1.807) is 6.92 Å². The molecule has 0 radical (unpaired) electrons. The smallest absolute Gasteiger partial charge is 0.266 e. The van der Waals surface area contributed by atoms with E-state index in [4.69, 9.17) is 0 Å². The molecule has 2 amide bonds. The number of nitrogens with one attached hydrogen (secondary N) is 2. The fourth-order valence-electron chi connectivity index (χ4n) is 1.33. The van der Waals surface area contributed by atoms with Gasteiger partial charge in [0.15, 0.2) is 0 Å². The highest BCUT2D eigenvalue weighted by Gasteiger charge is 2.05. The minimum atomic E-state index is -0.397. The highest BCUT2D eigenvalue weighted by atomic mass is 19.1. The number of halogens is 1. The first-order chi connectivity index (χ1) is 9.51. The summed E-state index contributed by atoms with van der Waals surface area (Å²) >= 11 is 0. The molecule has 20 heavy (non-hydrogen) atoms. The molecule has 0 saturated carbocycles. The second kappa shape index (κ2) is 8.00. The van der Waals surface area contributed by atoms with Crippen LogP contribution in [0.25, 0.3) is 0 Å². The highest BCUT2D eigenvalue weighted by Crippen LogP contribution is 2.08. The van der Waals surface area contributed by atoms with Crippen molar-refractivity contribution in [3.8, 4) is 0 Å². The molecule has 108 valence electrons. The first-order valence-corrected chi connectivity index (χ1v) is 5.87. The third-order valence-corrected chi connectivity index (χ3v) is 2.19. The van der Waals surface area contributed by atoms with Crippen molar-refractivity contribution in [1.29, 1.82) is 0 Å². The number of hydrogen-bond acceptors (Lipinski definition) is 4. The monoisotopic (exact) mass is 281 g/mol. The van der Waals surface area contributed by atoms with Gasteiger partial charge in [0.2, 0.25) is 5.91 Å². The van der Waals surface area contributed by atoms with E-state index >= 15 is 0 Å². The number of amides is 2. The van der Waals surface area contributed by atoms with Gasteiger partial charge in [-0.1, -0.05) is 0 Å². The number of benzene rings is 1. The molecule has 0 aliphatic heterocycles. The standard InChI is InChI=1S/C13H16FN3O3/c1-9(16-17-13(19)8-20-2)7-12(18)15-11-5-3-10(14)4-6-11/h3-6H,7-8H2,1-2H3,(H,15,18)(H,17,19)/b16-9+. The van der Waals surface area contributed by atoms with Gasteiger partial charge in [-0.25, -0.2) is 9.82 Å². The summed E-state index contributed by atoms with van der Waals surface area (Å²) in [4.78, 5) is 22.7. The van der Waals surface area contributed by atoms with E-state index in [-0.39, 0.29) is 24.8 Å². The number of anilines is 1. The fourth-order valence-corrected chi connectivity index (χ4v) is 1.33. The zero-order chi connectivity index (χ0) is 15.0. The Hall–Kier alpha value is -2.28. The van der Waals surface area contributed by atoms with Crippen molar-refractivity contribution in [1.82, 2.24) is 5.43 Å². The van der Waals surface area contributed by atoms with Crippen LogP contribution in [0.3, 0.4) is 0 Å². The summed E-state index contributed by atoms with van der Waals surface area (Å²) in [5.41, 5.74) is 3.19. The Bertz CT molecular complexity index is 500. The lowest BCUT2D eigenvalue weighted by Crippen LogP contribution is -2.24. The van der Waals surface area contributed by atoms with Crippen LogP contribution in [0.2, 0.25) is 0 Å². The Morgan fingerprint density at radius 1 is 1.25 bits per heavy atom. The maximum atomic E-state index is 12.7. The summed E-state index contributed by atoms with van der Waals surface area (Å²) in [6.07, 6.45) is 0.0185. The van der Waals surface area contributed by atoms with Crippen LogP contribution in [0.4, 0.5) is 10.1 Å². The van der Waals surface area contributed by atoms with Gasteiger partial charge in [-0.3, -0.25) is 9.59 Å². The number of carbonyl (C=O) groups excluding carboxylic acids is 2. The molecular weight excluding hydrogens is 265 g/mol. The second-order valence-corrected chi connectivity index (χ2v) is 4.05. The van der Waals surface area contributed by atoms with Crippen molar-refractivity contribution in [3.05, 3.63) is 30.1 Å². The lowest BCUT2D eigenvalue weighted by atomic mass is 10.2. The molecule has 0 atom stereocenters. The maximum Gasteiger partial charge on any atom is 0.266 e. The van der Waals surface area contributed by atoms with Crippen LogP contribution in [0.15, 0.2) is 29.4 Å². The quantitative estimate of drug-likeness (QED) is 0.609. The predicted octanol–water partition coefficient (Wildman–Crippen LogP) is 1.29. The summed E-state index contributed by atoms with van der Waals surface area (Å²) < 4.78 is 17.3. The van der Waals surface area contributed by atoms with Crippen LogP contribution in [0.5, 0.6) is 0 Å². The first-order valence-electron chi connectivity index (χ1n) is 5.87. The lowest BCUT2D eigenvalue weighted by molar-refractivity contribution is -0.124. The molecule has 2 N–H and O–H groups in total. The van der Waals surface area contributed by atoms with Gasteiger partial charge in [0.05, 0.1) is 6.42 Å². The van der Waals surface area contributed by atoms with E-state index in [0.717, 1.165) is 0 Å². The van der Waals surface area contributed by atoms with E-state index in [2.05, 4.69) is 20.6 Å². The summed E-state index contributed by atoms with van der Waals surface area (Å²) in [6.45, 7) is 1.51. The third kappa shape index (κ3) is 6.05. The van der Waals surface area contributed by atoms with Crippen LogP contribution < -0.4 is 10.7 Å². The molecular formula is C13H16FN3O3. The Labute approximate surface area is 116 Å². The van der Waals surface area contributed by atoms with Crippen molar-refractivity contribution < 1.29 is 18.7 Å². The minimum Gasteiger partial charge on any atom is -0.375 e. The van der Waals surface area contributed by atoms with Gasteiger partial charge in [0.25, 0.3) is 5.91 Å². The normalized spacial score (nSPS) is 11.1. The summed E-state index contributed by atoms with van der Waals surface area (Å²) in [6, 6.07) is 5.42. The lowest BCUT2D eigenvalue weighted by Gasteiger charge is -2.05. The zero-order valence-electron chi connectivity index (χ0n) is 11.3. The molecule has 1 aromatic rings. The summed E-state index contributed by atoms with van der Waals surface area (Å²) in [5, 5.41) is 6.34. The predicted molar refractivity (Wildman–Crippen MR) is 72.8 cm³/mol. The zero-order valence-corrected chi connectivity index (χ0v) is 11.3. The van der Waals surface area contributed by atoms with Gasteiger partial charge in [-0.05, 0) is 31.2 Å². The van der Waals surface area contributed by atoms with Gasteiger partial charge < -0.3 is 10.1 Å². The molecule has 6 nitrogen and oxygen atoms in total. The van der Waals surface area contributed by atoms with Crippen molar-refractivity contribution in [3.63, 3.8) is 0 Å². The highest BCUT2D eigenvalue weighted by molar-refractivity contribution is 6.05. The van der Waals surface area contributed by atoms with Crippen molar-refractivity contribution in [2.45, 2.75) is 13.3 Å². The van der Waals surface area contributed by atoms with Gasteiger partial charge >= 0.3 is 0 Å². The molecule has 7 heteroatoms. The number of hydrazone groups is 1. The Kier molecular flexibility index (Phi) is 6.31. The number of methoxy groups -OCH3 is 1. The first kappa shape index (κ1) is 15.8. The summed E-state index contributed by atoms with van der Waals surface area (Å²) in [5.74, 6) is -1.08. The van der Waals surface area contributed by atoms with Crippen LogP contribution >= 0.6 is 0 Å². The Morgan fingerprint density at radius 2 is 1.90 bits per heavy atom. The van der Waals surface area contributed by atoms with E-state index < -0.39 is 5.91 Å². The van der Waals surface area contributed by atoms with E-state index in [0.29, 0.717) is 11.4 Å². The third-order valence-electron chi connectivity index (χ3n) is 2.19. The number of rotatable bonds is 6. The van der Waals surface area contributed by atoms with Gasteiger partial charge in [0.1, 0.15) is 12.4 Å². The number of hydrogen-bond donors (Lipinski definition) is 2. The number of ether oxygens (including phenoxy) is 1. The molecule has 1 rings (SSSR count). The van der Waals surface area contributed by atoms with E-state index in [1.807, 2.05) is 0 Å². The number of carbonyl (C=O) groups is 2. The maximum absolute atomic E-state index is 12.7. The number of nitrogens with zero attached hydrogens (tertiary/aromatic N) is 1. The SMILES string of the molecule is COCC(=O)N/N=C(\C)CC(=O)Nc1ccc(F)cc1. The van der Waals surface area contributed by atoms with Crippen LogP contribution in [0, 0.1) is 5.82 Å². The molecule has 0 bridgehead atoms. The Morgan fingerprint density at radius 3 is 2.50 bits per heavy atom. The van der Waals surface area contributed by atoms with E-state index in [1.165, 1.54) is 31.4 Å². The van der Waals surface area contributed by atoms with Gasteiger partial charge in [-0.2, -0.15) is 5.10 Å². The van der Waals surface area contributed by atoms with Crippen molar-refractivity contribution >= 4 is 23.2 Å². The molecule has 0 spiro atoms.